The van der Waals surface area contributed by atoms with Gasteiger partial charge in [0.25, 0.3) is 0 Å². The Bertz CT molecular complexity index is 1400. The van der Waals surface area contributed by atoms with Crippen LogP contribution in [0.3, 0.4) is 0 Å². The number of halogens is 2. The fraction of sp³-hybridized carbons (Fsp3) is 0.333. The lowest BCUT2D eigenvalue weighted by Gasteiger charge is -2.32. The molecule has 0 aliphatic rings. The van der Waals surface area contributed by atoms with Crippen molar-refractivity contribution in [3.8, 4) is 0 Å². The monoisotopic (exact) mass is 631 g/mol. The fourth-order valence-electron chi connectivity index (χ4n) is 4.40. The van der Waals surface area contributed by atoms with Crippen molar-refractivity contribution in [3.63, 3.8) is 0 Å². The van der Waals surface area contributed by atoms with E-state index in [0.29, 0.717) is 6.42 Å². The normalized spacial score (nSPS) is 12.2. The van der Waals surface area contributed by atoms with Crippen LogP contribution in [0.5, 0.6) is 0 Å². The van der Waals surface area contributed by atoms with Crippen LogP contribution >= 0.6 is 15.9 Å². The van der Waals surface area contributed by atoms with Crippen LogP contribution in [0.1, 0.15) is 37.8 Å². The number of amides is 2. The van der Waals surface area contributed by atoms with E-state index in [1.54, 1.807) is 11.0 Å². The SMILES string of the molecule is CC(C)NC(=O)[C@@H](Cc1ccccc1)N(Cc1cccc(Br)c1)C(=O)CCCN(c1ccccc1F)S(C)(=O)=O. The number of benzene rings is 3. The highest BCUT2D eigenvalue weighted by atomic mass is 79.9. The van der Waals surface area contributed by atoms with Crippen molar-refractivity contribution in [2.75, 3.05) is 17.1 Å². The summed E-state index contributed by atoms with van der Waals surface area (Å²) in [6.45, 7) is 3.82. The first-order chi connectivity index (χ1) is 19.0. The predicted molar refractivity (Wildman–Crippen MR) is 160 cm³/mol. The van der Waals surface area contributed by atoms with E-state index >= 15 is 0 Å². The van der Waals surface area contributed by atoms with E-state index in [-0.39, 0.29) is 49.5 Å². The quantitative estimate of drug-likeness (QED) is 0.277. The first kappa shape index (κ1) is 31.3. The second-order valence-corrected chi connectivity index (χ2v) is 12.7. The summed E-state index contributed by atoms with van der Waals surface area (Å²) in [6.07, 6.45) is 1.42. The number of anilines is 1. The van der Waals surface area contributed by atoms with Crippen LogP contribution in [-0.4, -0.2) is 50.0 Å². The number of para-hydroxylation sites is 1. The minimum absolute atomic E-state index is 0.0330. The van der Waals surface area contributed by atoms with Gasteiger partial charge in [-0.15, -0.1) is 0 Å². The van der Waals surface area contributed by atoms with Gasteiger partial charge in [-0.05, 0) is 55.7 Å². The summed E-state index contributed by atoms with van der Waals surface area (Å²) in [6, 6.07) is 21.7. The topological polar surface area (TPSA) is 86.8 Å². The molecule has 214 valence electrons. The van der Waals surface area contributed by atoms with Crippen molar-refractivity contribution in [1.82, 2.24) is 10.2 Å². The molecule has 0 unspecified atom stereocenters. The third kappa shape index (κ3) is 9.16. The maximum Gasteiger partial charge on any atom is 0.243 e. The maximum atomic E-state index is 14.4. The third-order valence-electron chi connectivity index (χ3n) is 6.22. The first-order valence-corrected chi connectivity index (χ1v) is 15.7. The van der Waals surface area contributed by atoms with E-state index in [1.807, 2.05) is 68.4 Å². The van der Waals surface area contributed by atoms with Gasteiger partial charge in [0, 0.05) is 36.4 Å². The third-order valence-corrected chi connectivity index (χ3v) is 7.89. The zero-order chi connectivity index (χ0) is 29.3. The summed E-state index contributed by atoms with van der Waals surface area (Å²) in [5.74, 6) is -1.24. The minimum Gasteiger partial charge on any atom is -0.352 e. The van der Waals surface area contributed by atoms with Gasteiger partial charge < -0.3 is 10.2 Å². The Hall–Kier alpha value is -3.24. The Morgan fingerprint density at radius 1 is 0.950 bits per heavy atom. The van der Waals surface area contributed by atoms with Crippen LogP contribution in [0, 0.1) is 5.82 Å². The number of sulfonamides is 1. The number of rotatable bonds is 13. The number of nitrogens with one attached hydrogen (secondary N) is 1. The largest absolute Gasteiger partial charge is 0.352 e. The molecule has 7 nitrogen and oxygen atoms in total. The number of hydrogen-bond donors (Lipinski definition) is 1. The molecule has 0 saturated heterocycles. The average Bonchev–Trinajstić information content (AvgIpc) is 2.88. The molecule has 10 heteroatoms. The van der Waals surface area contributed by atoms with Gasteiger partial charge in [-0.25, -0.2) is 12.8 Å². The van der Waals surface area contributed by atoms with Gasteiger partial charge in [-0.3, -0.25) is 13.9 Å². The van der Waals surface area contributed by atoms with Crippen LogP contribution in [-0.2, 0) is 32.6 Å². The minimum atomic E-state index is -3.80. The summed E-state index contributed by atoms with van der Waals surface area (Å²) in [5, 5.41) is 2.95. The molecule has 0 saturated carbocycles. The lowest BCUT2D eigenvalue weighted by atomic mass is 10.0. The average molecular weight is 633 g/mol. The lowest BCUT2D eigenvalue weighted by Crippen LogP contribution is -2.51. The second kappa shape index (κ2) is 14.4. The van der Waals surface area contributed by atoms with E-state index in [1.165, 1.54) is 18.2 Å². The van der Waals surface area contributed by atoms with Crippen molar-refractivity contribution >= 4 is 43.5 Å². The summed E-state index contributed by atoms with van der Waals surface area (Å²) in [4.78, 5) is 28.8. The van der Waals surface area contributed by atoms with Crippen LogP contribution in [0.15, 0.2) is 83.3 Å². The Morgan fingerprint density at radius 3 is 2.23 bits per heavy atom. The summed E-state index contributed by atoms with van der Waals surface area (Å²) in [7, 11) is -3.80. The molecule has 2 amide bonds. The highest BCUT2D eigenvalue weighted by molar-refractivity contribution is 9.10. The summed E-state index contributed by atoms with van der Waals surface area (Å²) in [5.41, 5.74) is 1.67. The van der Waals surface area contributed by atoms with Crippen LogP contribution in [0.2, 0.25) is 0 Å². The number of carbonyl (C=O) groups is 2. The first-order valence-electron chi connectivity index (χ1n) is 13.1. The van der Waals surface area contributed by atoms with Crippen LogP contribution < -0.4 is 9.62 Å². The molecule has 3 aromatic rings. The molecule has 1 N–H and O–H groups in total. The number of hydrogen-bond acceptors (Lipinski definition) is 4. The van der Waals surface area contributed by atoms with Crippen molar-refractivity contribution < 1.29 is 22.4 Å². The van der Waals surface area contributed by atoms with Crippen molar-refractivity contribution in [3.05, 3.63) is 100 Å². The molecule has 0 aliphatic heterocycles. The molecule has 0 bridgehead atoms. The Kier molecular flexibility index (Phi) is 11.3. The Balaban J connectivity index is 1.89. The highest BCUT2D eigenvalue weighted by Crippen LogP contribution is 2.23. The summed E-state index contributed by atoms with van der Waals surface area (Å²) >= 11 is 3.47. The fourth-order valence-corrected chi connectivity index (χ4v) is 5.82. The second-order valence-electron chi connectivity index (χ2n) is 9.91. The molecule has 0 aliphatic carbocycles. The van der Waals surface area contributed by atoms with Gasteiger partial charge in [-0.1, -0.05) is 70.5 Å². The van der Waals surface area contributed by atoms with Gasteiger partial charge in [0.15, 0.2) is 0 Å². The van der Waals surface area contributed by atoms with Crippen molar-refractivity contribution in [2.45, 2.75) is 51.7 Å². The molecule has 40 heavy (non-hydrogen) atoms. The van der Waals surface area contributed by atoms with Crippen LogP contribution in [0.4, 0.5) is 10.1 Å². The van der Waals surface area contributed by atoms with Crippen LogP contribution in [0.25, 0.3) is 0 Å². The van der Waals surface area contributed by atoms with Gasteiger partial charge in [0.1, 0.15) is 11.9 Å². The molecule has 0 aromatic heterocycles. The molecule has 0 heterocycles. The highest BCUT2D eigenvalue weighted by Gasteiger charge is 2.31. The smallest absolute Gasteiger partial charge is 0.243 e. The molecular formula is C30H35BrFN3O4S. The zero-order valence-corrected chi connectivity index (χ0v) is 25.3. The maximum absolute atomic E-state index is 14.4. The molecule has 3 aromatic carbocycles. The van der Waals surface area contributed by atoms with Gasteiger partial charge >= 0.3 is 0 Å². The molecule has 0 radical (unpaired) electrons. The molecule has 0 fully saturated rings. The molecule has 3 rings (SSSR count). The van der Waals surface area contributed by atoms with E-state index < -0.39 is 21.9 Å². The zero-order valence-electron chi connectivity index (χ0n) is 22.9. The molecule has 0 spiro atoms. The van der Waals surface area contributed by atoms with Gasteiger partial charge in [-0.2, -0.15) is 0 Å². The van der Waals surface area contributed by atoms with Crippen molar-refractivity contribution in [2.24, 2.45) is 0 Å². The number of carbonyl (C=O) groups excluding carboxylic acids is 2. The standard InChI is InChI=1S/C30H35BrFN3O4S/c1-22(2)33-30(37)28(20-23-11-5-4-6-12-23)34(21-24-13-9-14-25(31)19-24)29(36)17-10-18-35(40(3,38)39)27-16-8-7-15-26(27)32/h4-9,11-16,19,22,28H,10,17-18,20-21H2,1-3H3,(H,33,37)/t28-/m1/s1. The van der Waals surface area contributed by atoms with E-state index in [9.17, 15) is 22.4 Å². The Morgan fingerprint density at radius 2 is 1.60 bits per heavy atom. The van der Waals surface area contributed by atoms with Gasteiger partial charge in [0.05, 0.1) is 11.9 Å². The van der Waals surface area contributed by atoms with Gasteiger partial charge in [0.2, 0.25) is 21.8 Å². The number of nitrogens with zero attached hydrogens (tertiary/aromatic N) is 2. The summed E-state index contributed by atoms with van der Waals surface area (Å²) < 4.78 is 41.2. The van der Waals surface area contributed by atoms with Crippen molar-refractivity contribution in [1.29, 1.82) is 0 Å². The van der Waals surface area contributed by atoms with E-state index in [0.717, 1.165) is 26.2 Å². The lowest BCUT2D eigenvalue weighted by molar-refractivity contribution is -0.141. The predicted octanol–water partition coefficient (Wildman–Crippen LogP) is 5.30. The molecular weight excluding hydrogens is 597 g/mol. The van der Waals surface area contributed by atoms with E-state index in [4.69, 9.17) is 0 Å². The molecule has 1 atom stereocenters. The van der Waals surface area contributed by atoms with E-state index in [2.05, 4.69) is 21.2 Å². The Labute approximate surface area is 244 Å².